The van der Waals surface area contributed by atoms with Gasteiger partial charge in [-0.2, -0.15) is 10.5 Å². The summed E-state index contributed by atoms with van der Waals surface area (Å²) in [5, 5.41) is 19.1. The second-order valence-corrected chi connectivity index (χ2v) is 7.52. The maximum atomic E-state index is 9.54. The summed E-state index contributed by atoms with van der Waals surface area (Å²) in [6, 6.07) is 7.71. The number of hydrogen-bond donors (Lipinski definition) is 0. The van der Waals surface area contributed by atoms with Crippen LogP contribution in [0.4, 0.5) is 0 Å². The molecule has 1 rings (SSSR count). The average molecular weight is 385 g/mol. The van der Waals surface area contributed by atoms with Crippen LogP contribution >= 0.6 is 0 Å². The maximum absolute atomic E-state index is 9.54. The third-order valence-corrected chi connectivity index (χ3v) is 5.36. The molecule has 0 spiro atoms. The molecule has 0 aliphatic rings. The average Bonchev–Trinajstić information content (AvgIpc) is 2.73. The van der Waals surface area contributed by atoms with Crippen molar-refractivity contribution in [3.63, 3.8) is 0 Å². The Hall–Kier alpha value is -2.20. The maximum Gasteiger partial charge on any atom is 0.138 e. The molecule has 4 nitrogen and oxygen atoms in total. The monoisotopic (exact) mass is 384 g/mol. The SMILES string of the molecule is CCCC[C@H](CC)COc1cc(C#N)c(OC[C@@H](CC)CCCC)cc1C#N. The Bertz CT molecular complexity index is 600. The van der Waals surface area contributed by atoms with Crippen LogP contribution in [0, 0.1) is 34.5 Å². The Morgan fingerprint density at radius 1 is 0.750 bits per heavy atom. The molecule has 0 radical (unpaired) electrons. The van der Waals surface area contributed by atoms with Crippen molar-refractivity contribution in [3.8, 4) is 23.6 Å². The second-order valence-electron chi connectivity index (χ2n) is 7.52. The zero-order valence-electron chi connectivity index (χ0n) is 18.1. The van der Waals surface area contributed by atoms with Gasteiger partial charge in [-0.15, -0.1) is 0 Å². The van der Waals surface area contributed by atoms with Crippen LogP contribution in [0.15, 0.2) is 12.1 Å². The predicted molar refractivity (Wildman–Crippen MR) is 113 cm³/mol. The van der Waals surface area contributed by atoms with Crippen LogP contribution in [0.5, 0.6) is 11.5 Å². The third-order valence-electron chi connectivity index (χ3n) is 5.36. The molecule has 0 amide bonds. The van der Waals surface area contributed by atoms with Gasteiger partial charge < -0.3 is 9.47 Å². The standard InChI is InChI=1S/C24H36N2O2/c1-5-9-11-19(7-3)17-27-23-13-22(16-26)24(14-21(23)15-25)28-18-20(8-4)12-10-6-2/h13-14,19-20H,5-12,17-18H2,1-4H3/t19-,20-/m0/s1. The second kappa shape index (κ2) is 13.9. The molecule has 0 aliphatic carbocycles. The Balaban J connectivity index is 2.87. The summed E-state index contributed by atoms with van der Waals surface area (Å²) in [4.78, 5) is 0. The van der Waals surface area contributed by atoms with Crippen molar-refractivity contribution in [2.75, 3.05) is 13.2 Å². The molecule has 4 heteroatoms. The van der Waals surface area contributed by atoms with E-state index in [0.29, 0.717) is 47.7 Å². The molecular formula is C24H36N2O2. The number of rotatable bonds is 14. The lowest BCUT2D eigenvalue weighted by Gasteiger charge is -2.19. The van der Waals surface area contributed by atoms with E-state index in [4.69, 9.17) is 9.47 Å². The molecule has 0 saturated heterocycles. The Kier molecular flexibility index (Phi) is 11.8. The Labute approximate surface area is 171 Å². The lowest BCUT2D eigenvalue weighted by molar-refractivity contribution is 0.227. The van der Waals surface area contributed by atoms with Crippen LogP contribution in [-0.4, -0.2) is 13.2 Å². The van der Waals surface area contributed by atoms with Gasteiger partial charge in [0.05, 0.1) is 24.3 Å². The summed E-state index contributed by atoms with van der Waals surface area (Å²) in [7, 11) is 0. The lowest BCUT2D eigenvalue weighted by atomic mass is 10.0. The topological polar surface area (TPSA) is 66.0 Å². The molecule has 0 aliphatic heterocycles. The van der Waals surface area contributed by atoms with Crippen molar-refractivity contribution in [2.45, 2.75) is 79.1 Å². The number of hydrogen-bond acceptors (Lipinski definition) is 4. The fraction of sp³-hybridized carbons (Fsp3) is 0.667. The first-order valence-corrected chi connectivity index (χ1v) is 10.9. The quantitative estimate of drug-likeness (QED) is 0.361. The molecule has 0 saturated carbocycles. The van der Waals surface area contributed by atoms with Crippen molar-refractivity contribution in [1.29, 1.82) is 10.5 Å². The highest BCUT2D eigenvalue weighted by atomic mass is 16.5. The van der Waals surface area contributed by atoms with Gasteiger partial charge in [-0.1, -0.05) is 66.2 Å². The fourth-order valence-corrected chi connectivity index (χ4v) is 3.19. The van der Waals surface area contributed by atoms with E-state index in [1.165, 1.54) is 25.7 Å². The van der Waals surface area contributed by atoms with E-state index in [9.17, 15) is 10.5 Å². The molecule has 0 unspecified atom stereocenters. The molecule has 0 fully saturated rings. The number of nitriles is 2. The first-order valence-electron chi connectivity index (χ1n) is 10.9. The molecule has 2 atom stereocenters. The molecule has 28 heavy (non-hydrogen) atoms. The van der Waals surface area contributed by atoms with E-state index in [0.717, 1.165) is 25.7 Å². The molecule has 1 aromatic rings. The van der Waals surface area contributed by atoms with Crippen LogP contribution in [0.25, 0.3) is 0 Å². The zero-order chi connectivity index (χ0) is 20.8. The summed E-state index contributed by atoms with van der Waals surface area (Å²) < 4.78 is 11.9. The minimum atomic E-state index is 0.431. The van der Waals surface area contributed by atoms with Gasteiger partial charge in [-0.3, -0.25) is 0 Å². The molecule has 0 N–H and O–H groups in total. The smallest absolute Gasteiger partial charge is 0.138 e. The highest BCUT2D eigenvalue weighted by Gasteiger charge is 2.16. The molecule has 0 heterocycles. The van der Waals surface area contributed by atoms with E-state index >= 15 is 0 Å². The van der Waals surface area contributed by atoms with Gasteiger partial charge in [0.1, 0.15) is 23.6 Å². The van der Waals surface area contributed by atoms with Gasteiger partial charge in [0.25, 0.3) is 0 Å². The Morgan fingerprint density at radius 3 is 1.43 bits per heavy atom. The van der Waals surface area contributed by atoms with Crippen molar-refractivity contribution in [3.05, 3.63) is 23.3 Å². The van der Waals surface area contributed by atoms with Gasteiger partial charge in [-0.25, -0.2) is 0 Å². The largest absolute Gasteiger partial charge is 0.492 e. The highest BCUT2D eigenvalue weighted by Crippen LogP contribution is 2.30. The van der Waals surface area contributed by atoms with Crippen molar-refractivity contribution < 1.29 is 9.47 Å². The summed E-state index contributed by atoms with van der Waals surface area (Å²) in [5.41, 5.74) is 0.863. The van der Waals surface area contributed by atoms with Crippen LogP contribution < -0.4 is 9.47 Å². The van der Waals surface area contributed by atoms with Crippen molar-refractivity contribution in [2.24, 2.45) is 11.8 Å². The van der Waals surface area contributed by atoms with Crippen molar-refractivity contribution >= 4 is 0 Å². The van der Waals surface area contributed by atoms with E-state index in [1.807, 2.05) is 0 Å². The first kappa shape index (κ1) is 23.8. The van der Waals surface area contributed by atoms with Crippen molar-refractivity contribution in [1.82, 2.24) is 0 Å². The zero-order valence-corrected chi connectivity index (χ0v) is 18.1. The fourth-order valence-electron chi connectivity index (χ4n) is 3.19. The summed E-state index contributed by atoms with van der Waals surface area (Å²) in [5.74, 6) is 1.91. The lowest BCUT2D eigenvalue weighted by Crippen LogP contribution is -2.13. The predicted octanol–water partition coefficient (Wildman–Crippen LogP) is 6.62. The summed E-state index contributed by atoms with van der Waals surface area (Å²) in [6.45, 7) is 9.84. The highest BCUT2D eigenvalue weighted by molar-refractivity contribution is 5.56. The molecule has 0 bridgehead atoms. The molecule has 0 aromatic heterocycles. The molecular weight excluding hydrogens is 348 g/mol. The van der Waals surface area contributed by atoms with Gasteiger partial charge in [-0.05, 0) is 24.7 Å². The van der Waals surface area contributed by atoms with E-state index in [2.05, 4.69) is 39.8 Å². The summed E-state index contributed by atoms with van der Waals surface area (Å²) in [6.07, 6.45) is 9.03. The van der Waals surface area contributed by atoms with Crippen LogP contribution in [-0.2, 0) is 0 Å². The third kappa shape index (κ3) is 7.81. The number of ether oxygens (including phenoxy) is 2. The summed E-state index contributed by atoms with van der Waals surface area (Å²) >= 11 is 0. The normalized spacial score (nSPS) is 12.6. The number of benzene rings is 1. The van der Waals surface area contributed by atoms with E-state index < -0.39 is 0 Å². The number of unbranched alkanes of at least 4 members (excludes halogenated alkanes) is 2. The van der Waals surface area contributed by atoms with Gasteiger partial charge in [0.2, 0.25) is 0 Å². The number of nitrogens with zero attached hydrogens (tertiary/aromatic N) is 2. The minimum Gasteiger partial charge on any atom is -0.492 e. The van der Waals surface area contributed by atoms with Gasteiger partial charge in [0.15, 0.2) is 0 Å². The van der Waals surface area contributed by atoms with Crippen LogP contribution in [0.3, 0.4) is 0 Å². The molecule has 1 aromatic carbocycles. The van der Waals surface area contributed by atoms with E-state index in [1.54, 1.807) is 12.1 Å². The Morgan fingerprint density at radius 2 is 1.14 bits per heavy atom. The van der Waals surface area contributed by atoms with Crippen LogP contribution in [0.2, 0.25) is 0 Å². The van der Waals surface area contributed by atoms with E-state index in [-0.39, 0.29) is 0 Å². The molecule has 154 valence electrons. The minimum absolute atomic E-state index is 0.431. The first-order chi connectivity index (χ1) is 13.6. The van der Waals surface area contributed by atoms with Gasteiger partial charge in [0, 0.05) is 12.1 Å². The van der Waals surface area contributed by atoms with Gasteiger partial charge >= 0.3 is 0 Å². The van der Waals surface area contributed by atoms with Crippen LogP contribution in [0.1, 0.15) is 90.2 Å².